The molecule has 11 heavy (non-hydrogen) atoms. The lowest BCUT2D eigenvalue weighted by Gasteiger charge is -1.94. The van der Waals surface area contributed by atoms with Crippen molar-refractivity contribution in [3.8, 4) is 6.07 Å². The summed E-state index contributed by atoms with van der Waals surface area (Å²) in [6, 6.07) is 2.27. The maximum Gasteiger partial charge on any atom is 0.183 e. The summed E-state index contributed by atoms with van der Waals surface area (Å²) < 4.78 is 0.758. The molecule has 1 aromatic rings. The van der Waals surface area contributed by atoms with Gasteiger partial charge in [-0.05, 0) is 28.8 Å². The number of nitriles is 1. The molecule has 56 valence electrons. The van der Waals surface area contributed by atoms with Crippen molar-refractivity contribution in [2.24, 2.45) is 0 Å². The van der Waals surface area contributed by atoms with Gasteiger partial charge in [0.25, 0.3) is 0 Å². The maximum absolute atomic E-state index is 8.79. The van der Waals surface area contributed by atoms with Gasteiger partial charge in [0.05, 0.1) is 6.07 Å². The van der Waals surface area contributed by atoms with Gasteiger partial charge in [-0.1, -0.05) is 11.3 Å². The standard InChI is InChI=1S/C6H4BrN3S/c7-5-10-9-4(11-5)6(3-8)1-2-6/h1-2H2. The van der Waals surface area contributed by atoms with Gasteiger partial charge in [0.1, 0.15) is 10.4 Å². The smallest absolute Gasteiger partial charge is 0.183 e. The monoisotopic (exact) mass is 229 g/mol. The van der Waals surface area contributed by atoms with Crippen LogP contribution in [0.3, 0.4) is 0 Å². The van der Waals surface area contributed by atoms with Gasteiger partial charge in [0.15, 0.2) is 3.92 Å². The van der Waals surface area contributed by atoms with Crippen molar-refractivity contribution in [1.82, 2.24) is 10.2 Å². The molecule has 0 aliphatic heterocycles. The molecule has 0 amide bonds. The lowest BCUT2D eigenvalue weighted by molar-refractivity contribution is 0.850. The molecule has 1 aliphatic rings. The van der Waals surface area contributed by atoms with Crippen molar-refractivity contribution in [1.29, 1.82) is 5.26 Å². The number of hydrogen-bond donors (Lipinski definition) is 0. The lowest BCUT2D eigenvalue weighted by Crippen LogP contribution is -2.00. The largest absolute Gasteiger partial charge is 0.197 e. The molecular formula is C6H4BrN3S. The van der Waals surface area contributed by atoms with Crippen LogP contribution in [0.15, 0.2) is 3.92 Å². The van der Waals surface area contributed by atoms with Crippen molar-refractivity contribution in [2.75, 3.05) is 0 Å². The third-order valence-corrected chi connectivity index (χ3v) is 3.33. The highest BCUT2D eigenvalue weighted by molar-refractivity contribution is 9.11. The third-order valence-electron chi connectivity index (χ3n) is 1.77. The molecule has 5 heteroatoms. The molecule has 0 bridgehead atoms. The molecule has 0 atom stereocenters. The van der Waals surface area contributed by atoms with Crippen molar-refractivity contribution >= 4 is 27.3 Å². The SMILES string of the molecule is N#CC1(c2nnc(Br)s2)CC1. The Balaban J connectivity index is 2.38. The summed E-state index contributed by atoms with van der Waals surface area (Å²) in [6.45, 7) is 0. The summed E-state index contributed by atoms with van der Waals surface area (Å²) in [5.74, 6) is 0. The van der Waals surface area contributed by atoms with Crippen LogP contribution in [0.2, 0.25) is 0 Å². The summed E-state index contributed by atoms with van der Waals surface area (Å²) >= 11 is 4.67. The minimum absolute atomic E-state index is 0.274. The molecule has 1 heterocycles. The van der Waals surface area contributed by atoms with E-state index in [0.29, 0.717) is 0 Å². The van der Waals surface area contributed by atoms with Crippen LogP contribution in [0.4, 0.5) is 0 Å². The summed E-state index contributed by atoms with van der Waals surface area (Å²) in [7, 11) is 0. The van der Waals surface area contributed by atoms with Gasteiger partial charge in [0, 0.05) is 0 Å². The van der Waals surface area contributed by atoms with E-state index in [1.54, 1.807) is 0 Å². The topological polar surface area (TPSA) is 49.6 Å². The zero-order valence-electron chi connectivity index (χ0n) is 5.54. The van der Waals surface area contributed by atoms with Crippen LogP contribution in [0.1, 0.15) is 17.8 Å². The van der Waals surface area contributed by atoms with Gasteiger partial charge < -0.3 is 0 Å². The average molecular weight is 230 g/mol. The van der Waals surface area contributed by atoms with E-state index in [0.717, 1.165) is 21.8 Å². The zero-order chi connectivity index (χ0) is 7.90. The van der Waals surface area contributed by atoms with E-state index in [2.05, 4.69) is 32.2 Å². The average Bonchev–Trinajstić information content (AvgIpc) is 2.70. The van der Waals surface area contributed by atoms with Gasteiger partial charge in [-0.15, -0.1) is 10.2 Å². The highest BCUT2D eigenvalue weighted by Crippen LogP contribution is 2.48. The first-order chi connectivity index (χ1) is 5.27. The third kappa shape index (κ3) is 1.06. The van der Waals surface area contributed by atoms with Crippen LogP contribution in [-0.4, -0.2) is 10.2 Å². The van der Waals surface area contributed by atoms with Crippen LogP contribution < -0.4 is 0 Å². The molecular weight excluding hydrogens is 226 g/mol. The number of hydrogen-bond acceptors (Lipinski definition) is 4. The van der Waals surface area contributed by atoms with Crippen LogP contribution in [-0.2, 0) is 5.41 Å². The summed E-state index contributed by atoms with van der Waals surface area (Å²) in [6.07, 6.45) is 1.87. The highest BCUT2D eigenvalue weighted by Gasteiger charge is 2.48. The Morgan fingerprint density at radius 3 is 2.64 bits per heavy atom. The van der Waals surface area contributed by atoms with Crippen LogP contribution in [0.5, 0.6) is 0 Å². The van der Waals surface area contributed by atoms with E-state index in [-0.39, 0.29) is 5.41 Å². The van der Waals surface area contributed by atoms with E-state index < -0.39 is 0 Å². The summed E-state index contributed by atoms with van der Waals surface area (Å²) in [5.41, 5.74) is -0.274. The molecule has 0 aromatic carbocycles. The van der Waals surface area contributed by atoms with Gasteiger partial charge in [0.2, 0.25) is 0 Å². The molecule has 0 N–H and O–H groups in total. The number of nitrogens with zero attached hydrogens (tertiary/aromatic N) is 3. The fourth-order valence-electron chi connectivity index (χ4n) is 0.897. The lowest BCUT2D eigenvalue weighted by atomic mass is 10.1. The van der Waals surface area contributed by atoms with Gasteiger partial charge in [-0.2, -0.15) is 5.26 Å². The Hall–Kier alpha value is -0.470. The van der Waals surface area contributed by atoms with Crippen LogP contribution in [0, 0.1) is 11.3 Å². The fraction of sp³-hybridized carbons (Fsp3) is 0.500. The van der Waals surface area contributed by atoms with Gasteiger partial charge in [-0.3, -0.25) is 0 Å². The predicted octanol–water partition coefficient (Wildman–Crippen LogP) is 1.86. The van der Waals surface area contributed by atoms with Crippen LogP contribution in [0.25, 0.3) is 0 Å². The second kappa shape index (κ2) is 2.26. The molecule has 2 rings (SSSR count). The Morgan fingerprint density at radius 2 is 2.27 bits per heavy atom. The first-order valence-electron chi connectivity index (χ1n) is 3.18. The predicted molar refractivity (Wildman–Crippen MR) is 44.1 cm³/mol. The number of halogens is 1. The molecule has 3 nitrogen and oxygen atoms in total. The summed E-state index contributed by atoms with van der Waals surface area (Å²) in [4.78, 5) is 0. The first kappa shape index (κ1) is 7.19. The number of rotatable bonds is 1. The first-order valence-corrected chi connectivity index (χ1v) is 4.78. The minimum atomic E-state index is -0.274. The van der Waals surface area contributed by atoms with E-state index in [1.165, 1.54) is 11.3 Å². The molecule has 1 fully saturated rings. The normalized spacial score (nSPS) is 19.3. The van der Waals surface area contributed by atoms with Crippen LogP contribution >= 0.6 is 27.3 Å². The number of aromatic nitrogens is 2. The van der Waals surface area contributed by atoms with Crippen molar-refractivity contribution in [2.45, 2.75) is 18.3 Å². The summed E-state index contributed by atoms with van der Waals surface area (Å²) in [5, 5.41) is 17.4. The van der Waals surface area contributed by atoms with E-state index in [9.17, 15) is 0 Å². The second-order valence-corrected chi connectivity index (χ2v) is 4.81. The molecule has 1 saturated carbocycles. The van der Waals surface area contributed by atoms with Gasteiger partial charge in [-0.25, -0.2) is 0 Å². The van der Waals surface area contributed by atoms with Crippen molar-refractivity contribution < 1.29 is 0 Å². The van der Waals surface area contributed by atoms with Gasteiger partial charge >= 0.3 is 0 Å². The van der Waals surface area contributed by atoms with E-state index in [4.69, 9.17) is 5.26 Å². The molecule has 1 aromatic heterocycles. The van der Waals surface area contributed by atoms with Crippen molar-refractivity contribution in [3.63, 3.8) is 0 Å². The Morgan fingerprint density at radius 1 is 1.55 bits per heavy atom. The molecule has 0 saturated heterocycles. The molecule has 0 spiro atoms. The Labute approximate surface area is 76.2 Å². The fourth-order valence-corrected chi connectivity index (χ4v) is 2.20. The Kier molecular flexibility index (Phi) is 1.48. The second-order valence-electron chi connectivity index (χ2n) is 2.55. The minimum Gasteiger partial charge on any atom is -0.197 e. The quantitative estimate of drug-likeness (QED) is 0.739. The Bertz CT molecular complexity index is 323. The molecule has 0 radical (unpaired) electrons. The molecule has 0 unspecified atom stereocenters. The highest BCUT2D eigenvalue weighted by atomic mass is 79.9. The van der Waals surface area contributed by atoms with E-state index >= 15 is 0 Å². The zero-order valence-corrected chi connectivity index (χ0v) is 7.94. The van der Waals surface area contributed by atoms with E-state index in [1.807, 2.05) is 0 Å². The van der Waals surface area contributed by atoms with Crippen molar-refractivity contribution in [3.05, 3.63) is 8.92 Å². The molecule has 1 aliphatic carbocycles. The maximum atomic E-state index is 8.79.